The lowest BCUT2D eigenvalue weighted by Crippen LogP contribution is -2.11. The smallest absolute Gasteiger partial charge is 0.226 e. The lowest BCUT2D eigenvalue weighted by molar-refractivity contribution is -0.115. The Balaban J connectivity index is 1.90. The van der Waals surface area contributed by atoms with E-state index >= 15 is 0 Å². The summed E-state index contributed by atoms with van der Waals surface area (Å²) in [5.41, 5.74) is 0.666. The van der Waals surface area contributed by atoms with Crippen molar-refractivity contribution < 1.29 is 13.6 Å². The van der Waals surface area contributed by atoms with Gasteiger partial charge in [-0.2, -0.15) is 11.8 Å². The van der Waals surface area contributed by atoms with E-state index in [-0.39, 0.29) is 5.91 Å². The molecule has 0 aliphatic heterocycles. The van der Waals surface area contributed by atoms with Gasteiger partial charge in [-0.3, -0.25) is 4.79 Å². The number of carbonyl (C=O) groups is 1. The highest BCUT2D eigenvalue weighted by atomic mass is 32.2. The summed E-state index contributed by atoms with van der Waals surface area (Å²) in [6, 6.07) is 3.83. The molecule has 0 saturated heterocycles. The summed E-state index contributed by atoms with van der Waals surface area (Å²) in [4.78, 5) is 16.7. The zero-order valence-electron chi connectivity index (χ0n) is 12.1. The molecule has 1 amide bonds. The number of nitrogens with zero attached hydrogens (tertiary/aromatic N) is 1. The standard InChI is InChI=1S/C15H16F2N2OS2/c1-2-21-6-5-14(20)19-15-18-9-11(22-15)7-10-3-4-12(16)13(17)8-10/h3-4,8-9H,2,5-7H2,1H3,(H,18,19,20). The summed E-state index contributed by atoms with van der Waals surface area (Å²) in [5, 5.41) is 3.28. The second-order valence-electron chi connectivity index (χ2n) is 4.55. The van der Waals surface area contributed by atoms with Crippen LogP contribution in [0.3, 0.4) is 0 Å². The lowest BCUT2D eigenvalue weighted by Gasteiger charge is -2.01. The van der Waals surface area contributed by atoms with Gasteiger partial charge < -0.3 is 5.32 Å². The predicted octanol–water partition coefficient (Wildman–Crippen LogP) is 4.09. The molecule has 0 atom stereocenters. The van der Waals surface area contributed by atoms with Crippen LogP contribution in [-0.2, 0) is 11.2 Å². The normalized spacial score (nSPS) is 10.7. The molecule has 0 bridgehead atoms. The maximum atomic E-state index is 13.2. The van der Waals surface area contributed by atoms with Crippen molar-refractivity contribution >= 4 is 34.1 Å². The van der Waals surface area contributed by atoms with E-state index in [1.165, 1.54) is 17.4 Å². The van der Waals surface area contributed by atoms with Crippen molar-refractivity contribution in [3.05, 3.63) is 46.5 Å². The van der Waals surface area contributed by atoms with Gasteiger partial charge in [-0.25, -0.2) is 13.8 Å². The van der Waals surface area contributed by atoms with Crippen LogP contribution < -0.4 is 5.32 Å². The Hall–Kier alpha value is -1.47. The fraction of sp³-hybridized carbons (Fsp3) is 0.333. The predicted molar refractivity (Wildman–Crippen MR) is 87.5 cm³/mol. The van der Waals surface area contributed by atoms with Crippen LogP contribution in [0.15, 0.2) is 24.4 Å². The molecule has 0 spiro atoms. The number of thioether (sulfide) groups is 1. The Morgan fingerprint density at radius 3 is 2.91 bits per heavy atom. The minimum atomic E-state index is -0.857. The van der Waals surface area contributed by atoms with E-state index in [4.69, 9.17) is 0 Å². The molecule has 0 aliphatic rings. The molecule has 0 radical (unpaired) electrons. The fourth-order valence-corrected chi connectivity index (χ4v) is 3.27. The maximum Gasteiger partial charge on any atom is 0.226 e. The largest absolute Gasteiger partial charge is 0.302 e. The van der Waals surface area contributed by atoms with Gasteiger partial charge in [0.2, 0.25) is 5.91 Å². The summed E-state index contributed by atoms with van der Waals surface area (Å²) in [6.07, 6.45) is 2.55. The number of thiazole rings is 1. The van der Waals surface area contributed by atoms with Crippen molar-refractivity contribution in [1.82, 2.24) is 4.98 Å². The third kappa shape index (κ3) is 5.06. The highest BCUT2D eigenvalue weighted by Crippen LogP contribution is 2.22. The SMILES string of the molecule is CCSCCC(=O)Nc1ncc(Cc2ccc(F)c(F)c2)s1. The lowest BCUT2D eigenvalue weighted by atomic mass is 10.1. The molecular formula is C15H16F2N2OS2. The molecule has 0 saturated carbocycles. The van der Waals surface area contributed by atoms with Crippen molar-refractivity contribution in [3.63, 3.8) is 0 Å². The first kappa shape index (κ1) is 16.9. The zero-order valence-corrected chi connectivity index (χ0v) is 13.7. The number of benzene rings is 1. The van der Waals surface area contributed by atoms with Crippen LogP contribution in [0.4, 0.5) is 13.9 Å². The molecule has 22 heavy (non-hydrogen) atoms. The first-order valence-corrected chi connectivity index (χ1v) is 8.82. The molecule has 0 aliphatic carbocycles. The number of carbonyl (C=O) groups excluding carboxylic acids is 1. The Bertz CT molecular complexity index is 646. The Morgan fingerprint density at radius 2 is 2.18 bits per heavy atom. The van der Waals surface area contributed by atoms with Crippen molar-refractivity contribution in [2.24, 2.45) is 0 Å². The first-order chi connectivity index (χ1) is 10.6. The third-order valence-electron chi connectivity index (χ3n) is 2.84. The summed E-state index contributed by atoms with van der Waals surface area (Å²) in [7, 11) is 0. The Morgan fingerprint density at radius 1 is 1.36 bits per heavy atom. The molecule has 2 aromatic rings. The van der Waals surface area contributed by atoms with Crippen LogP contribution in [0.5, 0.6) is 0 Å². The van der Waals surface area contributed by atoms with E-state index in [2.05, 4.69) is 10.3 Å². The van der Waals surface area contributed by atoms with Crippen LogP contribution in [0, 0.1) is 11.6 Å². The van der Waals surface area contributed by atoms with Gasteiger partial charge in [-0.05, 0) is 23.4 Å². The minimum Gasteiger partial charge on any atom is -0.302 e. The number of aromatic nitrogens is 1. The van der Waals surface area contributed by atoms with E-state index < -0.39 is 11.6 Å². The minimum absolute atomic E-state index is 0.0605. The fourth-order valence-electron chi connectivity index (χ4n) is 1.79. The number of nitrogens with one attached hydrogen (secondary N) is 1. The highest BCUT2D eigenvalue weighted by molar-refractivity contribution is 7.99. The van der Waals surface area contributed by atoms with Gasteiger partial charge in [0.15, 0.2) is 16.8 Å². The van der Waals surface area contributed by atoms with E-state index in [0.29, 0.717) is 23.5 Å². The molecule has 0 fully saturated rings. The topological polar surface area (TPSA) is 42.0 Å². The van der Waals surface area contributed by atoms with E-state index in [1.807, 2.05) is 6.92 Å². The molecule has 2 rings (SSSR count). The second-order valence-corrected chi connectivity index (χ2v) is 7.06. The average molecular weight is 342 g/mol. The van der Waals surface area contributed by atoms with Gasteiger partial charge in [0.25, 0.3) is 0 Å². The molecule has 1 N–H and O–H groups in total. The maximum absolute atomic E-state index is 13.2. The molecule has 3 nitrogen and oxygen atoms in total. The van der Waals surface area contributed by atoms with Crippen LogP contribution in [-0.4, -0.2) is 22.4 Å². The Labute approximate surface area is 136 Å². The molecule has 0 unspecified atom stereocenters. The number of amides is 1. The van der Waals surface area contributed by atoms with Gasteiger partial charge in [-0.15, -0.1) is 11.3 Å². The van der Waals surface area contributed by atoms with E-state index in [1.54, 1.807) is 24.0 Å². The van der Waals surface area contributed by atoms with E-state index in [9.17, 15) is 13.6 Å². The van der Waals surface area contributed by atoms with Crippen LogP contribution in [0.2, 0.25) is 0 Å². The number of hydrogen-bond acceptors (Lipinski definition) is 4. The summed E-state index contributed by atoms with van der Waals surface area (Å²) in [5.74, 6) is 0.00260. The molecule has 118 valence electrons. The van der Waals surface area contributed by atoms with Crippen molar-refractivity contribution in [3.8, 4) is 0 Å². The van der Waals surface area contributed by atoms with Gasteiger partial charge in [0.05, 0.1) is 0 Å². The molecule has 7 heteroatoms. The van der Waals surface area contributed by atoms with Crippen molar-refractivity contribution in [2.45, 2.75) is 19.8 Å². The van der Waals surface area contributed by atoms with Gasteiger partial charge in [0, 0.05) is 29.7 Å². The molecule has 1 heterocycles. The molecule has 1 aromatic heterocycles. The zero-order chi connectivity index (χ0) is 15.9. The van der Waals surface area contributed by atoms with Gasteiger partial charge >= 0.3 is 0 Å². The molecule has 1 aromatic carbocycles. The summed E-state index contributed by atoms with van der Waals surface area (Å²) < 4.78 is 26.0. The number of hydrogen-bond donors (Lipinski definition) is 1. The second kappa shape index (κ2) is 8.24. The van der Waals surface area contributed by atoms with Crippen LogP contribution in [0.25, 0.3) is 0 Å². The quantitative estimate of drug-likeness (QED) is 0.771. The highest BCUT2D eigenvalue weighted by Gasteiger charge is 2.08. The van der Waals surface area contributed by atoms with E-state index in [0.717, 1.165) is 22.4 Å². The van der Waals surface area contributed by atoms with Crippen molar-refractivity contribution in [1.29, 1.82) is 0 Å². The summed E-state index contributed by atoms with van der Waals surface area (Å²) in [6.45, 7) is 2.05. The number of halogens is 2. The van der Waals surface area contributed by atoms with Gasteiger partial charge in [-0.1, -0.05) is 13.0 Å². The van der Waals surface area contributed by atoms with Crippen LogP contribution in [0.1, 0.15) is 23.8 Å². The average Bonchev–Trinajstić information content (AvgIpc) is 2.90. The first-order valence-electron chi connectivity index (χ1n) is 6.84. The third-order valence-corrected chi connectivity index (χ3v) is 4.65. The number of anilines is 1. The van der Waals surface area contributed by atoms with Crippen LogP contribution >= 0.6 is 23.1 Å². The van der Waals surface area contributed by atoms with Crippen molar-refractivity contribution in [2.75, 3.05) is 16.8 Å². The Kier molecular flexibility index (Phi) is 6.33. The summed E-state index contributed by atoms with van der Waals surface area (Å²) >= 11 is 3.05. The monoisotopic (exact) mass is 342 g/mol. The molecular weight excluding hydrogens is 326 g/mol. The van der Waals surface area contributed by atoms with Gasteiger partial charge in [0.1, 0.15) is 0 Å². The number of rotatable bonds is 7.